The Hall–Kier alpha value is -2.96. The molecule has 14 heteroatoms. The monoisotopic (exact) mass is 896 g/mol. The van der Waals surface area contributed by atoms with E-state index in [0.29, 0.717) is 12.8 Å². The van der Waals surface area contributed by atoms with E-state index in [1.165, 1.54) is 62.5 Å². The summed E-state index contributed by atoms with van der Waals surface area (Å²) in [6, 6.07) is 2.84. The van der Waals surface area contributed by atoms with Crippen molar-refractivity contribution in [2.24, 2.45) is 5.73 Å². The number of carbonyl (C=O) groups excluding carboxylic acids is 2. The summed E-state index contributed by atoms with van der Waals surface area (Å²) in [5.74, 6) is 2.06. The molecule has 0 spiro atoms. The van der Waals surface area contributed by atoms with E-state index in [9.17, 15) is 23.8 Å². The number of furan rings is 2. The molecule has 0 saturated heterocycles. The third kappa shape index (κ3) is 26.6. The number of rotatable bonds is 40. The van der Waals surface area contributed by atoms with E-state index in [1.807, 2.05) is 0 Å². The Morgan fingerprint density at radius 3 is 1.52 bits per heavy atom. The van der Waals surface area contributed by atoms with Gasteiger partial charge >= 0.3 is 25.7 Å². The first-order valence-corrected chi connectivity index (χ1v) is 25.4. The van der Waals surface area contributed by atoms with Gasteiger partial charge in [-0.05, 0) is 75.6 Å². The van der Waals surface area contributed by atoms with Gasteiger partial charge in [-0.3, -0.25) is 23.4 Å². The van der Waals surface area contributed by atoms with Crippen molar-refractivity contribution >= 4 is 25.7 Å². The summed E-state index contributed by atoms with van der Waals surface area (Å²) in [7, 11) is -4.74. The van der Waals surface area contributed by atoms with Crippen LogP contribution in [0.1, 0.15) is 202 Å². The quantitative estimate of drug-likeness (QED) is 0.0325. The minimum absolute atomic E-state index is 0.138. The standard InChI is InChI=1S/C48H82NO12P/c1-5-7-22-28-41-34-39(4)45(60-41)30-24-18-14-10-8-9-11-16-20-25-31-46(50)56-35-42(36-57-62(54,55)58-37-43(49)48(52)53)61-47(51)32-26-21-17-13-12-15-19-23-29-44-38(3)33-40(59-44)27-6-2/h33-34,42-43H,5-32,35-37,49H2,1-4H3,(H,52,53)(H,54,55). The minimum atomic E-state index is -4.74. The molecule has 3 atom stereocenters. The van der Waals surface area contributed by atoms with Crippen LogP contribution in [0.3, 0.4) is 0 Å². The van der Waals surface area contributed by atoms with E-state index >= 15 is 0 Å². The zero-order valence-corrected chi connectivity index (χ0v) is 39.6. The van der Waals surface area contributed by atoms with Gasteiger partial charge in [-0.1, -0.05) is 117 Å². The number of ether oxygens (including phenoxy) is 2. The highest BCUT2D eigenvalue weighted by Crippen LogP contribution is 2.43. The van der Waals surface area contributed by atoms with Gasteiger partial charge < -0.3 is 34.0 Å². The highest BCUT2D eigenvalue weighted by molar-refractivity contribution is 7.47. The van der Waals surface area contributed by atoms with E-state index in [0.717, 1.165) is 126 Å². The SMILES string of the molecule is CCCCCc1cc(C)c(CCCCCCCCCCCCC(=O)OCC(COP(=O)(O)OCC(N)C(=O)O)OC(=O)CCCCCCCCCCc2oc(CCC)cc2C)o1. The second-order valence-electron chi connectivity index (χ2n) is 17.0. The number of phosphoric acid groups is 1. The number of hydrogen-bond acceptors (Lipinski definition) is 11. The van der Waals surface area contributed by atoms with Gasteiger partial charge in [0.15, 0.2) is 6.10 Å². The highest BCUT2D eigenvalue weighted by atomic mass is 31.2. The van der Waals surface area contributed by atoms with Crippen molar-refractivity contribution in [3.63, 3.8) is 0 Å². The van der Waals surface area contributed by atoms with Crippen LogP contribution in [0.25, 0.3) is 0 Å². The van der Waals surface area contributed by atoms with E-state index in [4.69, 9.17) is 33.7 Å². The molecule has 13 nitrogen and oxygen atoms in total. The van der Waals surface area contributed by atoms with Gasteiger partial charge in [0.1, 0.15) is 35.7 Å². The molecule has 0 fully saturated rings. The van der Waals surface area contributed by atoms with Gasteiger partial charge in [0.05, 0.1) is 13.2 Å². The topological polar surface area (TPSA) is 198 Å². The average molecular weight is 896 g/mol. The first-order valence-electron chi connectivity index (χ1n) is 23.9. The molecule has 0 radical (unpaired) electrons. The van der Waals surface area contributed by atoms with Crippen LogP contribution in [-0.4, -0.2) is 59.9 Å². The van der Waals surface area contributed by atoms with Crippen LogP contribution >= 0.6 is 7.82 Å². The van der Waals surface area contributed by atoms with Crippen molar-refractivity contribution in [3.8, 4) is 0 Å². The van der Waals surface area contributed by atoms with Crippen LogP contribution in [0.4, 0.5) is 0 Å². The molecule has 0 bridgehead atoms. The van der Waals surface area contributed by atoms with E-state index in [1.54, 1.807) is 0 Å². The number of carbonyl (C=O) groups is 3. The van der Waals surface area contributed by atoms with Crippen molar-refractivity contribution in [1.82, 2.24) is 0 Å². The molecule has 0 saturated carbocycles. The number of hydrogen-bond donors (Lipinski definition) is 3. The Bertz CT molecular complexity index is 1550. The fraction of sp³-hybridized carbons (Fsp3) is 0.771. The molecule has 0 aliphatic heterocycles. The van der Waals surface area contributed by atoms with Crippen LogP contribution in [0.5, 0.6) is 0 Å². The smallest absolute Gasteiger partial charge is 0.472 e. The van der Waals surface area contributed by atoms with Crippen LogP contribution in [-0.2, 0) is 63.2 Å². The van der Waals surface area contributed by atoms with Gasteiger partial charge in [-0.25, -0.2) is 4.57 Å². The van der Waals surface area contributed by atoms with Gasteiger partial charge in [-0.15, -0.1) is 0 Å². The Labute approximate surface area is 372 Å². The van der Waals surface area contributed by atoms with E-state index < -0.39 is 51.1 Å². The van der Waals surface area contributed by atoms with Crippen LogP contribution < -0.4 is 5.73 Å². The average Bonchev–Trinajstić information content (AvgIpc) is 3.78. The maximum absolute atomic E-state index is 12.7. The molecule has 0 aromatic carbocycles. The summed E-state index contributed by atoms with van der Waals surface area (Å²) in [6.07, 6.45) is 26.9. The maximum Gasteiger partial charge on any atom is 0.472 e. The minimum Gasteiger partial charge on any atom is -0.480 e. The van der Waals surface area contributed by atoms with E-state index in [-0.39, 0.29) is 19.4 Å². The number of aliphatic carboxylic acids is 1. The molecule has 3 unspecified atom stereocenters. The number of carboxylic acid groups (broad SMARTS) is 1. The molecule has 0 aliphatic carbocycles. The number of carboxylic acids is 1. The second-order valence-corrected chi connectivity index (χ2v) is 18.5. The van der Waals surface area contributed by atoms with Crippen LogP contribution in [0.15, 0.2) is 21.0 Å². The summed E-state index contributed by atoms with van der Waals surface area (Å²) in [4.78, 5) is 46.2. The van der Waals surface area contributed by atoms with Gasteiger partial charge in [0.25, 0.3) is 0 Å². The molecule has 2 rings (SSSR count). The third-order valence-corrected chi connectivity index (χ3v) is 12.1. The summed E-state index contributed by atoms with van der Waals surface area (Å²) in [6.45, 7) is 6.92. The number of esters is 2. The molecule has 2 aromatic rings. The summed E-state index contributed by atoms with van der Waals surface area (Å²) >= 11 is 0. The first-order chi connectivity index (χ1) is 29.8. The molecule has 0 aliphatic rings. The Morgan fingerprint density at radius 1 is 0.597 bits per heavy atom. The molecule has 356 valence electrons. The van der Waals surface area contributed by atoms with Gasteiger partial charge in [0, 0.05) is 38.5 Å². The Kier molecular flexibility index (Phi) is 29.8. The molecule has 0 amide bonds. The van der Waals surface area contributed by atoms with Crippen molar-refractivity contribution in [2.45, 2.75) is 220 Å². The Morgan fingerprint density at radius 2 is 1.03 bits per heavy atom. The van der Waals surface area contributed by atoms with Gasteiger partial charge in [0.2, 0.25) is 0 Å². The predicted molar refractivity (Wildman–Crippen MR) is 242 cm³/mol. The number of phosphoric ester groups is 1. The number of aryl methyl sites for hydroxylation is 6. The molecule has 4 N–H and O–H groups in total. The van der Waals surface area contributed by atoms with Crippen LogP contribution in [0, 0.1) is 13.8 Å². The molecule has 2 aromatic heterocycles. The summed E-state index contributed by atoms with van der Waals surface area (Å²) in [5, 5.41) is 8.92. The molecule has 2 heterocycles. The lowest BCUT2D eigenvalue weighted by Gasteiger charge is -2.20. The predicted octanol–water partition coefficient (Wildman–Crippen LogP) is 11.8. The zero-order chi connectivity index (χ0) is 45.4. The number of unbranched alkanes of at least 4 members (excludes halogenated alkanes) is 18. The zero-order valence-electron chi connectivity index (χ0n) is 38.7. The van der Waals surface area contributed by atoms with Crippen LogP contribution in [0.2, 0.25) is 0 Å². The first kappa shape index (κ1) is 55.2. The van der Waals surface area contributed by atoms with Crippen molar-refractivity contribution < 1.29 is 56.3 Å². The summed E-state index contributed by atoms with van der Waals surface area (Å²) < 4.78 is 44.9. The fourth-order valence-electron chi connectivity index (χ4n) is 7.38. The summed E-state index contributed by atoms with van der Waals surface area (Å²) in [5.41, 5.74) is 7.88. The van der Waals surface area contributed by atoms with Crippen molar-refractivity contribution in [3.05, 3.63) is 46.3 Å². The Balaban J connectivity index is 1.59. The second kappa shape index (κ2) is 33.5. The highest BCUT2D eigenvalue weighted by Gasteiger charge is 2.28. The molecular weight excluding hydrogens is 813 g/mol. The van der Waals surface area contributed by atoms with Crippen molar-refractivity contribution in [1.29, 1.82) is 0 Å². The molecule has 62 heavy (non-hydrogen) atoms. The van der Waals surface area contributed by atoms with Gasteiger partial charge in [-0.2, -0.15) is 0 Å². The maximum atomic E-state index is 12.7. The lowest BCUT2D eigenvalue weighted by molar-refractivity contribution is -0.161. The lowest BCUT2D eigenvalue weighted by atomic mass is 10.0. The fourth-order valence-corrected chi connectivity index (χ4v) is 8.16. The number of nitrogens with two attached hydrogens (primary N) is 1. The molecular formula is C48H82NO12P. The largest absolute Gasteiger partial charge is 0.480 e. The van der Waals surface area contributed by atoms with E-state index in [2.05, 4.69) is 44.4 Å². The lowest BCUT2D eigenvalue weighted by Crippen LogP contribution is -2.34. The van der Waals surface area contributed by atoms with Crippen molar-refractivity contribution in [2.75, 3.05) is 19.8 Å². The normalized spacial score (nSPS) is 13.5. The third-order valence-electron chi connectivity index (χ3n) is 11.1.